The maximum atomic E-state index is 9.65. The number of nitriles is 2. The molecule has 1 aromatic heterocycles. The molecule has 1 aromatic carbocycles. The number of imidazole rings is 1. The Morgan fingerprint density at radius 2 is 1.95 bits per heavy atom. The molecule has 0 aliphatic rings. The zero-order chi connectivity index (χ0) is 14.7. The van der Waals surface area contributed by atoms with E-state index in [1.807, 2.05) is 0 Å². The van der Waals surface area contributed by atoms with Crippen molar-refractivity contribution < 1.29 is 10.2 Å². The van der Waals surface area contributed by atoms with Gasteiger partial charge in [-0.2, -0.15) is 15.5 Å². The second-order valence-electron chi connectivity index (χ2n) is 3.84. The minimum atomic E-state index is -0.237. The van der Waals surface area contributed by atoms with Gasteiger partial charge in [0.1, 0.15) is 29.3 Å². The van der Waals surface area contributed by atoms with Crippen molar-refractivity contribution in [1.29, 1.82) is 10.5 Å². The minimum Gasteiger partial charge on any atom is -0.508 e. The minimum absolute atomic E-state index is 0.00639. The number of azo groups is 1. The van der Waals surface area contributed by atoms with Gasteiger partial charge < -0.3 is 15.2 Å². The van der Waals surface area contributed by atoms with E-state index in [2.05, 4.69) is 20.2 Å². The van der Waals surface area contributed by atoms with Gasteiger partial charge in [0.05, 0.1) is 0 Å². The number of aromatic nitrogens is 2. The number of nitrogens with one attached hydrogen (secondary N) is 1. The molecule has 0 fully saturated rings. The third-order valence-corrected chi connectivity index (χ3v) is 2.42. The predicted octanol–water partition coefficient (Wildman–Crippen LogP) is 2.29. The van der Waals surface area contributed by atoms with Crippen LogP contribution in [0.4, 0.5) is 11.6 Å². The summed E-state index contributed by atoms with van der Waals surface area (Å²) in [6, 6.07) is 6.06. The summed E-state index contributed by atoms with van der Waals surface area (Å²) >= 11 is 0. The number of H-pyrrole nitrogens is 1. The van der Waals surface area contributed by atoms with E-state index in [1.165, 1.54) is 6.07 Å². The van der Waals surface area contributed by atoms with Crippen LogP contribution in [-0.4, -0.2) is 20.2 Å². The molecule has 8 heteroatoms. The first-order valence-corrected chi connectivity index (χ1v) is 5.39. The van der Waals surface area contributed by atoms with Gasteiger partial charge in [0, 0.05) is 6.07 Å². The lowest BCUT2D eigenvalue weighted by molar-refractivity contribution is 0.450. The number of rotatable bonds is 2. The summed E-state index contributed by atoms with van der Waals surface area (Å²) in [4.78, 5) is 6.28. The van der Waals surface area contributed by atoms with E-state index in [1.54, 1.807) is 19.1 Å². The molecule has 0 aliphatic heterocycles. The Labute approximate surface area is 113 Å². The van der Waals surface area contributed by atoms with Gasteiger partial charge in [0.25, 0.3) is 0 Å². The number of aromatic amines is 1. The second kappa shape index (κ2) is 5.08. The first-order valence-electron chi connectivity index (χ1n) is 5.39. The van der Waals surface area contributed by atoms with Gasteiger partial charge in [-0.05, 0) is 18.6 Å². The lowest BCUT2D eigenvalue weighted by Gasteiger charge is -2.02. The van der Waals surface area contributed by atoms with Crippen LogP contribution in [0.1, 0.15) is 17.0 Å². The van der Waals surface area contributed by atoms with Crippen LogP contribution in [0.2, 0.25) is 0 Å². The number of phenols is 2. The molecular formula is C12H8N6O2. The molecule has 20 heavy (non-hydrogen) atoms. The van der Waals surface area contributed by atoms with Crippen molar-refractivity contribution in [3.05, 3.63) is 29.1 Å². The third-order valence-electron chi connectivity index (χ3n) is 2.42. The number of aryl methyl sites for hydroxylation is 1. The highest BCUT2D eigenvalue weighted by atomic mass is 16.3. The molecule has 2 rings (SSSR count). The molecule has 0 saturated carbocycles. The van der Waals surface area contributed by atoms with Crippen LogP contribution in [0.25, 0.3) is 0 Å². The highest BCUT2D eigenvalue weighted by Gasteiger charge is 2.10. The Bertz CT molecular complexity index is 724. The predicted molar refractivity (Wildman–Crippen MR) is 66.7 cm³/mol. The lowest BCUT2D eigenvalue weighted by Crippen LogP contribution is -1.77. The molecule has 3 N–H and O–H groups in total. The van der Waals surface area contributed by atoms with Crippen molar-refractivity contribution in [3.63, 3.8) is 0 Å². The van der Waals surface area contributed by atoms with Crippen LogP contribution in [0, 0.1) is 29.6 Å². The fraction of sp³-hybridized carbons (Fsp3) is 0.0833. The van der Waals surface area contributed by atoms with E-state index in [0.29, 0.717) is 5.56 Å². The van der Waals surface area contributed by atoms with E-state index in [-0.39, 0.29) is 34.5 Å². The topological polar surface area (TPSA) is 141 Å². The average Bonchev–Trinajstić information content (AvgIpc) is 2.79. The monoisotopic (exact) mass is 268 g/mol. The fourth-order valence-corrected chi connectivity index (χ4v) is 1.54. The van der Waals surface area contributed by atoms with Crippen LogP contribution in [0.5, 0.6) is 11.5 Å². The number of hydrogen-bond donors (Lipinski definition) is 3. The van der Waals surface area contributed by atoms with Crippen LogP contribution in [0.15, 0.2) is 22.4 Å². The molecule has 0 spiro atoms. The normalized spacial score (nSPS) is 10.3. The summed E-state index contributed by atoms with van der Waals surface area (Å²) in [5.41, 5.74) is 0.594. The summed E-state index contributed by atoms with van der Waals surface area (Å²) in [5.74, 6) is -0.348. The molecule has 0 amide bonds. The fourth-order valence-electron chi connectivity index (χ4n) is 1.54. The molecule has 0 unspecified atom stereocenters. The quantitative estimate of drug-likeness (QED) is 0.716. The van der Waals surface area contributed by atoms with Gasteiger partial charge in [-0.1, -0.05) is 0 Å². The zero-order valence-electron chi connectivity index (χ0n) is 10.3. The lowest BCUT2D eigenvalue weighted by atomic mass is 10.2. The third kappa shape index (κ3) is 2.40. The van der Waals surface area contributed by atoms with Gasteiger partial charge in [0.2, 0.25) is 5.95 Å². The standard InChI is InChI=1S/C12H8N6O2/c1-6-2-7(19)3-10(20)11(6)17-18-12-15-8(4-13)9(5-14)16-12/h2-3,19-20H,1H3,(H,15,16). The number of phenolic OH excluding ortho intramolecular Hbond substituents is 2. The zero-order valence-corrected chi connectivity index (χ0v) is 10.3. The SMILES string of the molecule is Cc1cc(O)cc(O)c1N=Nc1nc(C#N)c(C#N)[nH]1. The molecule has 2 aromatic rings. The second-order valence-corrected chi connectivity index (χ2v) is 3.84. The Balaban J connectivity index is 2.38. The summed E-state index contributed by atoms with van der Waals surface area (Å²) in [5, 5.41) is 43.9. The molecule has 0 bridgehead atoms. The van der Waals surface area contributed by atoms with Gasteiger partial charge >= 0.3 is 0 Å². The number of hydrogen-bond acceptors (Lipinski definition) is 7. The summed E-state index contributed by atoms with van der Waals surface area (Å²) < 4.78 is 0. The first-order chi connectivity index (χ1) is 9.55. The van der Waals surface area contributed by atoms with Crippen molar-refractivity contribution in [1.82, 2.24) is 9.97 Å². The van der Waals surface area contributed by atoms with Gasteiger partial charge in [-0.25, -0.2) is 0 Å². The number of aromatic hydroxyl groups is 2. The van der Waals surface area contributed by atoms with Crippen LogP contribution in [0.3, 0.4) is 0 Å². The van der Waals surface area contributed by atoms with Crippen molar-refractivity contribution in [2.24, 2.45) is 10.2 Å². The smallest absolute Gasteiger partial charge is 0.249 e. The molecule has 0 radical (unpaired) electrons. The summed E-state index contributed by atoms with van der Waals surface area (Å²) in [6.45, 7) is 1.64. The summed E-state index contributed by atoms with van der Waals surface area (Å²) in [6.07, 6.45) is 0. The van der Waals surface area contributed by atoms with E-state index < -0.39 is 0 Å². The van der Waals surface area contributed by atoms with E-state index >= 15 is 0 Å². The average molecular weight is 268 g/mol. The van der Waals surface area contributed by atoms with Crippen molar-refractivity contribution in [2.75, 3.05) is 0 Å². The highest BCUT2D eigenvalue weighted by molar-refractivity contribution is 5.59. The molecular weight excluding hydrogens is 260 g/mol. The van der Waals surface area contributed by atoms with Gasteiger partial charge in [-0.3, -0.25) is 0 Å². The molecule has 1 heterocycles. The van der Waals surface area contributed by atoms with Gasteiger partial charge in [-0.15, -0.1) is 10.2 Å². The van der Waals surface area contributed by atoms with E-state index in [9.17, 15) is 10.2 Å². The van der Waals surface area contributed by atoms with Crippen LogP contribution in [-0.2, 0) is 0 Å². The van der Waals surface area contributed by atoms with E-state index in [4.69, 9.17) is 10.5 Å². The first kappa shape index (κ1) is 13.1. The maximum absolute atomic E-state index is 9.65. The van der Waals surface area contributed by atoms with Crippen LogP contribution < -0.4 is 0 Å². The molecule has 0 aliphatic carbocycles. The number of nitrogens with zero attached hydrogens (tertiary/aromatic N) is 5. The summed E-state index contributed by atoms with van der Waals surface area (Å²) in [7, 11) is 0. The molecule has 98 valence electrons. The van der Waals surface area contributed by atoms with Crippen molar-refractivity contribution in [2.45, 2.75) is 6.92 Å². The largest absolute Gasteiger partial charge is 0.508 e. The maximum Gasteiger partial charge on any atom is 0.249 e. The molecule has 8 nitrogen and oxygen atoms in total. The Morgan fingerprint density at radius 1 is 1.20 bits per heavy atom. The Kier molecular flexibility index (Phi) is 3.32. The Hall–Kier alpha value is -3.39. The molecule has 0 atom stereocenters. The highest BCUT2D eigenvalue weighted by Crippen LogP contribution is 2.34. The number of benzene rings is 1. The Morgan fingerprint density at radius 3 is 2.50 bits per heavy atom. The molecule has 0 saturated heterocycles. The van der Waals surface area contributed by atoms with Crippen LogP contribution >= 0.6 is 0 Å². The van der Waals surface area contributed by atoms with Crippen molar-refractivity contribution >= 4 is 11.6 Å². The van der Waals surface area contributed by atoms with Gasteiger partial charge in [0.15, 0.2) is 11.4 Å². The van der Waals surface area contributed by atoms with E-state index in [0.717, 1.165) is 6.07 Å². The van der Waals surface area contributed by atoms with Crippen molar-refractivity contribution in [3.8, 4) is 23.6 Å².